The molecule has 3 aromatic carbocycles. The number of thiocarbonyl (C=S) groups is 1. The summed E-state index contributed by atoms with van der Waals surface area (Å²) in [5, 5.41) is 23.5. The Morgan fingerprint density at radius 3 is 2.52 bits per heavy atom. The molecular formula is C24H21BrN4OS. The maximum Gasteiger partial charge on any atom is 0.221 e. The molecule has 0 atom stereocenters. The predicted molar refractivity (Wildman–Crippen MR) is 133 cm³/mol. The number of benzene rings is 3. The molecule has 156 valence electrons. The van der Waals surface area contributed by atoms with E-state index in [1.54, 1.807) is 0 Å². The van der Waals surface area contributed by atoms with Crippen LogP contribution in [-0.4, -0.2) is 14.8 Å². The first-order chi connectivity index (χ1) is 14.9. The van der Waals surface area contributed by atoms with E-state index >= 15 is 0 Å². The molecule has 7 heteroatoms. The summed E-state index contributed by atoms with van der Waals surface area (Å²) in [4.78, 5) is 0. The Labute approximate surface area is 194 Å². The topological polar surface area (TPSA) is 61.9 Å². The number of aromatic nitrogens is 1. The number of azo groups is 1. The Hall–Kier alpha value is -3.03. The van der Waals surface area contributed by atoms with Gasteiger partial charge in [0.2, 0.25) is 11.0 Å². The number of fused-ring (bicyclic) bond motifs is 1. The molecule has 4 aromatic rings. The molecule has 5 nitrogen and oxygen atoms in total. The molecule has 1 heterocycles. The van der Waals surface area contributed by atoms with E-state index < -0.39 is 0 Å². The highest BCUT2D eigenvalue weighted by molar-refractivity contribution is 9.10. The molecule has 0 unspecified atom stereocenters. The van der Waals surface area contributed by atoms with Crippen molar-refractivity contribution < 1.29 is 5.11 Å². The van der Waals surface area contributed by atoms with Crippen molar-refractivity contribution >= 4 is 55.5 Å². The first kappa shape index (κ1) is 21.2. The fourth-order valence-corrected chi connectivity index (χ4v) is 4.03. The number of rotatable bonds is 4. The summed E-state index contributed by atoms with van der Waals surface area (Å²) in [5.74, 6) is 0.0525. The second-order valence-electron chi connectivity index (χ2n) is 7.41. The van der Waals surface area contributed by atoms with E-state index in [2.05, 4.69) is 50.5 Å². The fraction of sp³-hybridized carbons (Fsp3) is 0.125. The highest BCUT2D eigenvalue weighted by Crippen LogP contribution is 2.40. The second-order valence-corrected chi connectivity index (χ2v) is 8.71. The van der Waals surface area contributed by atoms with Gasteiger partial charge in [-0.25, -0.2) is 0 Å². The van der Waals surface area contributed by atoms with Gasteiger partial charge in [-0.3, -0.25) is 0 Å². The largest absolute Gasteiger partial charge is 0.493 e. The number of aryl methyl sites for hydroxylation is 2. The van der Waals surface area contributed by atoms with Crippen LogP contribution in [0.15, 0.2) is 81.4 Å². The molecule has 0 saturated carbocycles. The molecule has 0 aliphatic carbocycles. The van der Waals surface area contributed by atoms with Crippen LogP contribution >= 0.6 is 28.1 Å². The number of hydrogen-bond acceptors (Lipinski definition) is 3. The van der Waals surface area contributed by atoms with E-state index in [0.717, 1.165) is 32.2 Å². The Kier molecular flexibility index (Phi) is 6.15. The zero-order chi connectivity index (χ0) is 22.0. The number of hydrogen-bond donors (Lipinski definition) is 2. The van der Waals surface area contributed by atoms with Gasteiger partial charge in [-0.1, -0.05) is 57.9 Å². The molecule has 0 amide bonds. The number of halogens is 1. The minimum atomic E-state index is 0.0525. The van der Waals surface area contributed by atoms with Gasteiger partial charge in [-0.05, 0) is 67.5 Å². The number of aromatic hydroxyl groups is 1. The van der Waals surface area contributed by atoms with Crippen molar-refractivity contribution in [1.29, 1.82) is 0 Å². The lowest BCUT2D eigenvalue weighted by molar-refractivity contribution is 0.429. The third-order valence-electron chi connectivity index (χ3n) is 4.91. The molecule has 0 fully saturated rings. The van der Waals surface area contributed by atoms with Crippen molar-refractivity contribution in [2.24, 2.45) is 10.2 Å². The van der Waals surface area contributed by atoms with Crippen molar-refractivity contribution in [2.75, 3.05) is 5.32 Å². The SMILES string of the molecule is Cc1cccc(Cn2c(O)c(N=NC(=S)Nc3cccc(C)c3)c3cc(Br)ccc32)c1. The molecule has 0 bridgehead atoms. The van der Waals surface area contributed by atoms with Crippen LogP contribution in [0.3, 0.4) is 0 Å². The number of nitrogens with one attached hydrogen (secondary N) is 1. The minimum absolute atomic E-state index is 0.0525. The summed E-state index contributed by atoms with van der Waals surface area (Å²) >= 11 is 8.83. The highest BCUT2D eigenvalue weighted by Gasteiger charge is 2.17. The third kappa shape index (κ3) is 4.84. The normalized spacial score (nSPS) is 11.3. The van der Waals surface area contributed by atoms with Crippen LogP contribution in [-0.2, 0) is 6.54 Å². The van der Waals surface area contributed by atoms with E-state index in [-0.39, 0.29) is 11.0 Å². The van der Waals surface area contributed by atoms with E-state index in [1.165, 1.54) is 5.56 Å². The van der Waals surface area contributed by atoms with Gasteiger partial charge in [0.1, 0.15) is 0 Å². The molecule has 0 aliphatic heterocycles. The fourth-order valence-electron chi connectivity index (χ4n) is 3.51. The lowest BCUT2D eigenvalue weighted by Crippen LogP contribution is -2.04. The minimum Gasteiger partial charge on any atom is -0.493 e. The standard InChI is InChI=1S/C24H21BrN4OS/c1-15-5-3-7-17(11-15)14-29-21-10-9-18(25)13-20(21)22(23(29)30)27-28-24(31)26-19-8-4-6-16(2)12-19/h3-13,30H,14H2,1-2H3,(H,26,31). The Morgan fingerprint density at radius 2 is 1.77 bits per heavy atom. The van der Waals surface area contributed by atoms with Crippen molar-refractivity contribution in [1.82, 2.24) is 4.57 Å². The van der Waals surface area contributed by atoms with Gasteiger partial charge in [-0.2, -0.15) is 0 Å². The van der Waals surface area contributed by atoms with Gasteiger partial charge >= 0.3 is 0 Å². The van der Waals surface area contributed by atoms with Crippen LogP contribution < -0.4 is 5.32 Å². The van der Waals surface area contributed by atoms with E-state index in [1.807, 2.05) is 66.1 Å². The van der Waals surface area contributed by atoms with Crippen LogP contribution in [0.25, 0.3) is 10.9 Å². The summed E-state index contributed by atoms with van der Waals surface area (Å²) in [6.07, 6.45) is 0. The Balaban J connectivity index is 1.68. The van der Waals surface area contributed by atoms with Gasteiger partial charge in [0.15, 0.2) is 5.69 Å². The zero-order valence-electron chi connectivity index (χ0n) is 17.1. The summed E-state index contributed by atoms with van der Waals surface area (Å²) in [7, 11) is 0. The predicted octanol–water partition coefficient (Wildman–Crippen LogP) is 7.26. The van der Waals surface area contributed by atoms with Crippen molar-refractivity contribution in [3.8, 4) is 5.88 Å². The first-order valence-electron chi connectivity index (χ1n) is 9.76. The molecule has 0 radical (unpaired) electrons. The molecule has 0 saturated heterocycles. The summed E-state index contributed by atoms with van der Waals surface area (Å²) in [6, 6.07) is 21.9. The molecule has 1 aromatic heterocycles. The monoisotopic (exact) mass is 492 g/mol. The van der Waals surface area contributed by atoms with Gasteiger partial charge in [0.05, 0.1) is 12.1 Å². The average Bonchev–Trinajstić information content (AvgIpc) is 2.97. The number of nitrogens with zero attached hydrogens (tertiary/aromatic N) is 3. The van der Waals surface area contributed by atoms with Crippen LogP contribution in [0, 0.1) is 13.8 Å². The summed E-state index contributed by atoms with van der Waals surface area (Å²) in [5.41, 5.74) is 5.48. The molecule has 2 N–H and O–H groups in total. The molecule has 31 heavy (non-hydrogen) atoms. The summed E-state index contributed by atoms with van der Waals surface area (Å²) in [6.45, 7) is 4.58. The molecule has 0 spiro atoms. The Bertz CT molecular complexity index is 1310. The summed E-state index contributed by atoms with van der Waals surface area (Å²) < 4.78 is 2.73. The third-order valence-corrected chi connectivity index (χ3v) is 5.58. The lowest BCUT2D eigenvalue weighted by Gasteiger charge is -2.08. The van der Waals surface area contributed by atoms with E-state index in [0.29, 0.717) is 12.2 Å². The highest BCUT2D eigenvalue weighted by atomic mass is 79.9. The maximum atomic E-state index is 11.0. The molecular weight excluding hydrogens is 472 g/mol. The van der Waals surface area contributed by atoms with Crippen LogP contribution in [0.1, 0.15) is 16.7 Å². The van der Waals surface area contributed by atoms with Crippen molar-refractivity contribution in [2.45, 2.75) is 20.4 Å². The zero-order valence-corrected chi connectivity index (χ0v) is 19.5. The van der Waals surface area contributed by atoms with Crippen LogP contribution in [0.5, 0.6) is 5.88 Å². The lowest BCUT2D eigenvalue weighted by atomic mass is 10.1. The van der Waals surface area contributed by atoms with Crippen LogP contribution in [0.4, 0.5) is 11.4 Å². The van der Waals surface area contributed by atoms with Gasteiger partial charge in [0, 0.05) is 15.5 Å². The van der Waals surface area contributed by atoms with Gasteiger partial charge in [0.25, 0.3) is 0 Å². The quantitative estimate of drug-likeness (QED) is 0.232. The van der Waals surface area contributed by atoms with Crippen molar-refractivity contribution in [3.63, 3.8) is 0 Å². The van der Waals surface area contributed by atoms with E-state index in [4.69, 9.17) is 12.2 Å². The van der Waals surface area contributed by atoms with Gasteiger partial charge in [-0.15, -0.1) is 10.2 Å². The second kappa shape index (κ2) is 8.99. The first-order valence-corrected chi connectivity index (χ1v) is 11.0. The average molecular weight is 493 g/mol. The molecule has 0 aliphatic rings. The molecule has 4 rings (SSSR count). The Morgan fingerprint density at radius 1 is 1.03 bits per heavy atom. The smallest absolute Gasteiger partial charge is 0.221 e. The van der Waals surface area contributed by atoms with Gasteiger partial charge < -0.3 is 15.0 Å². The van der Waals surface area contributed by atoms with E-state index in [9.17, 15) is 5.11 Å². The maximum absolute atomic E-state index is 11.0. The van der Waals surface area contributed by atoms with Crippen molar-refractivity contribution in [3.05, 3.63) is 87.9 Å². The number of anilines is 1. The van der Waals surface area contributed by atoms with Crippen LogP contribution in [0.2, 0.25) is 0 Å².